The van der Waals surface area contributed by atoms with Crippen molar-refractivity contribution in [2.45, 2.75) is 13.0 Å². The standard InChI is InChI=1S/C22H15Cl2N3O6/c1-11-7-17(26-33-11)25-20(29)19(12-5-3-2-4-6-12)32-18(28)10-27-21(30)13-8-15(23)16(24)9-14(13)22(27)31/h2-9,19H,10H2,1H3,(H,25,26,29). The van der Waals surface area contributed by atoms with E-state index in [2.05, 4.69) is 10.5 Å². The maximum absolute atomic E-state index is 12.8. The number of hydrogen-bond acceptors (Lipinski definition) is 7. The molecule has 2 heterocycles. The number of aryl methyl sites for hydroxylation is 1. The van der Waals surface area contributed by atoms with Gasteiger partial charge in [0.2, 0.25) is 6.10 Å². The Morgan fingerprint density at radius 3 is 2.21 bits per heavy atom. The minimum absolute atomic E-state index is 0.0287. The number of esters is 1. The molecule has 4 rings (SSSR count). The van der Waals surface area contributed by atoms with Crippen molar-refractivity contribution in [1.82, 2.24) is 10.1 Å². The first-order valence-electron chi connectivity index (χ1n) is 9.58. The second kappa shape index (κ2) is 9.05. The molecule has 1 unspecified atom stereocenters. The van der Waals surface area contributed by atoms with Crippen LogP contribution in [0.5, 0.6) is 0 Å². The molecule has 33 heavy (non-hydrogen) atoms. The number of nitrogens with one attached hydrogen (secondary N) is 1. The number of imide groups is 1. The van der Waals surface area contributed by atoms with E-state index in [1.807, 2.05) is 0 Å². The lowest BCUT2D eigenvalue weighted by Gasteiger charge is -2.19. The Morgan fingerprint density at radius 2 is 1.67 bits per heavy atom. The summed E-state index contributed by atoms with van der Waals surface area (Å²) < 4.78 is 10.3. The second-order valence-electron chi connectivity index (χ2n) is 7.10. The Morgan fingerprint density at radius 1 is 1.06 bits per heavy atom. The molecule has 1 atom stereocenters. The predicted molar refractivity (Wildman–Crippen MR) is 117 cm³/mol. The topological polar surface area (TPSA) is 119 Å². The first-order valence-corrected chi connectivity index (χ1v) is 10.3. The quantitative estimate of drug-likeness (QED) is 0.414. The zero-order chi connectivity index (χ0) is 23.7. The molecule has 1 aromatic heterocycles. The maximum atomic E-state index is 12.8. The van der Waals surface area contributed by atoms with Crippen molar-refractivity contribution >= 4 is 52.7 Å². The van der Waals surface area contributed by atoms with Gasteiger partial charge < -0.3 is 14.6 Å². The molecule has 3 aromatic rings. The monoisotopic (exact) mass is 487 g/mol. The van der Waals surface area contributed by atoms with Gasteiger partial charge in [0, 0.05) is 11.6 Å². The van der Waals surface area contributed by atoms with Gasteiger partial charge in [-0.25, -0.2) is 0 Å². The van der Waals surface area contributed by atoms with Gasteiger partial charge in [-0.3, -0.25) is 24.1 Å². The third-order valence-corrected chi connectivity index (χ3v) is 5.49. The van der Waals surface area contributed by atoms with Crippen molar-refractivity contribution in [3.8, 4) is 0 Å². The molecule has 0 aliphatic carbocycles. The Balaban J connectivity index is 1.52. The highest BCUT2D eigenvalue weighted by atomic mass is 35.5. The van der Waals surface area contributed by atoms with Gasteiger partial charge in [0.25, 0.3) is 17.7 Å². The Labute approximate surface area is 197 Å². The van der Waals surface area contributed by atoms with Gasteiger partial charge >= 0.3 is 5.97 Å². The van der Waals surface area contributed by atoms with Crippen LogP contribution in [0.4, 0.5) is 5.82 Å². The van der Waals surface area contributed by atoms with E-state index in [0.29, 0.717) is 16.2 Å². The molecule has 0 saturated carbocycles. The summed E-state index contributed by atoms with van der Waals surface area (Å²) in [6.07, 6.45) is -1.37. The number of rotatable bonds is 6. The van der Waals surface area contributed by atoms with Crippen LogP contribution >= 0.6 is 23.2 Å². The lowest BCUT2D eigenvalue weighted by atomic mass is 10.1. The molecule has 168 valence electrons. The van der Waals surface area contributed by atoms with Gasteiger partial charge in [0.15, 0.2) is 5.82 Å². The molecule has 2 aromatic carbocycles. The number of fused-ring (bicyclic) bond motifs is 1. The Bertz CT molecular complexity index is 1230. The molecule has 11 heteroatoms. The number of anilines is 1. The molecular formula is C22H15Cl2N3O6. The van der Waals surface area contributed by atoms with Crippen LogP contribution in [-0.4, -0.2) is 40.3 Å². The summed E-state index contributed by atoms with van der Waals surface area (Å²) >= 11 is 11.9. The van der Waals surface area contributed by atoms with Crippen LogP contribution in [0.2, 0.25) is 10.0 Å². The molecule has 1 N–H and O–H groups in total. The highest BCUT2D eigenvalue weighted by Crippen LogP contribution is 2.31. The van der Waals surface area contributed by atoms with E-state index in [-0.39, 0.29) is 27.0 Å². The Hall–Kier alpha value is -3.69. The van der Waals surface area contributed by atoms with Crippen molar-refractivity contribution in [3.63, 3.8) is 0 Å². The van der Waals surface area contributed by atoms with Crippen molar-refractivity contribution in [2.24, 2.45) is 0 Å². The summed E-state index contributed by atoms with van der Waals surface area (Å²) in [6.45, 7) is 0.946. The molecule has 9 nitrogen and oxygen atoms in total. The minimum Gasteiger partial charge on any atom is -0.446 e. The number of hydrogen-bond donors (Lipinski definition) is 1. The summed E-state index contributed by atoms with van der Waals surface area (Å²) in [6, 6.07) is 12.3. The normalized spacial score (nSPS) is 13.6. The van der Waals surface area contributed by atoms with Crippen molar-refractivity contribution < 1.29 is 28.4 Å². The summed E-state index contributed by atoms with van der Waals surface area (Å²) in [4.78, 5) is 51.5. The lowest BCUT2D eigenvalue weighted by Crippen LogP contribution is -2.37. The Kier molecular flexibility index (Phi) is 6.17. The molecule has 1 aliphatic heterocycles. The van der Waals surface area contributed by atoms with Crippen LogP contribution < -0.4 is 5.32 Å². The third-order valence-electron chi connectivity index (χ3n) is 4.77. The van der Waals surface area contributed by atoms with Crippen molar-refractivity contribution in [2.75, 3.05) is 11.9 Å². The molecule has 1 aliphatic rings. The van der Waals surface area contributed by atoms with Gasteiger partial charge in [0.1, 0.15) is 12.3 Å². The van der Waals surface area contributed by atoms with Crippen LogP contribution in [0.15, 0.2) is 53.1 Å². The first-order chi connectivity index (χ1) is 15.7. The molecular weight excluding hydrogens is 473 g/mol. The van der Waals surface area contributed by atoms with Gasteiger partial charge in [-0.2, -0.15) is 0 Å². The van der Waals surface area contributed by atoms with Crippen molar-refractivity contribution in [3.05, 3.63) is 81.0 Å². The number of benzene rings is 2. The van der Waals surface area contributed by atoms with Crippen molar-refractivity contribution in [1.29, 1.82) is 0 Å². The highest BCUT2D eigenvalue weighted by Gasteiger charge is 2.38. The highest BCUT2D eigenvalue weighted by molar-refractivity contribution is 6.43. The summed E-state index contributed by atoms with van der Waals surface area (Å²) in [5.41, 5.74) is 0.436. The van der Waals surface area contributed by atoms with Crippen LogP contribution in [0, 0.1) is 6.92 Å². The van der Waals surface area contributed by atoms with E-state index in [4.69, 9.17) is 32.5 Å². The smallest absolute Gasteiger partial charge is 0.327 e. The van der Waals surface area contributed by atoms with E-state index >= 15 is 0 Å². The fourth-order valence-corrected chi connectivity index (χ4v) is 3.57. The molecule has 0 radical (unpaired) electrons. The van der Waals surface area contributed by atoms with Crippen LogP contribution in [0.1, 0.15) is 38.1 Å². The summed E-state index contributed by atoms with van der Waals surface area (Å²) in [5.74, 6) is -2.48. The number of carbonyl (C=O) groups is 4. The minimum atomic E-state index is -1.37. The zero-order valence-corrected chi connectivity index (χ0v) is 18.5. The largest absolute Gasteiger partial charge is 0.446 e. The molecule has 0 bridgehead atoms. The number of ether oxygens (including phenoxy) is 1. The van der Waals surface area contributed by atoms with Crippen LogP contribution in [0.3, 0.4) is 0 Å². The van der Waals surface area contributed by atoms with Gasteiger partial charge in [-0.15, -0.1) is 0 Å². The maximum Gasteiger partial charge on any atom is 0.327 e. The average molecular weight is 488 g/mol. The SMILES string of the molecule is Cc1cc(NC(=O)C(OC(=O)CN2C(=O)c3cc(Cl)c(Cl)cc3C2=O)c2ccccc2)no1. The fraction of sp³-hybridized carbons (Fsp3) is 0.136. The molecule has 0 fully saturated rings. The van der Waals surface area contributed by atoms with Gasteiger partial charge in [-0.1, -0.05) is 58.7 Å². The summed E-state index contributed by atoms with van der Waals surface area (Å²) in [7, 11) is 0. The first kappa shape index (κ1) is 22.5. The number of carbonyl (C=O) groups excluding carboxylic acids is 4. The number of nitrogens with zero attached hydrogens (tertiary/aromatic N) is 2. The van der Waals surface area contributed by atoms with E-state index in [0.717, 1.165) is 0 Å². The lowest BCUT2D eigenvalue weighted by molar-refractivity contribution is -0.154. The fourth-order valence-electron chi connectivity index (χ4n) is 3.24. The number of halogens is 2. The molecule has 0 spiro atoms. The number of aromatic nitrogens is 1. The molecule has 0 saturated heterocycles. The van der Waals surface area contributed by atoms with E-state index in [1.165, 1.54) is 18.2 Å². The van der Waals surface area contributed by atoms with Gasteiger partial charge in [-0.05, 0) is 19.1 Å². The van der Waals surface area contributed by atoms with Crippen LogP contribution in [-0.2, 0) is 14.3 Å². The third kappa shape index (κ3) is 4.59. The second-order valence-corrected chi connectivity index (χ2v) is 7.92. The predicted octanol–water partition coefficient (Wildman–Crippen LogP) is 3.81. The summed E-state index contributed by atoms with van der Waals surface area (Å²) in [5, 5.41) is 6.39. The zero-order valence-electron chi connectivity index (χ0n) is 17.0. The average Bonchev–Trinajstić information content (AvgIpc) is 3.29. The van der Waals surface area contributed by atoms with E-state index < -0.39 is 36.3 Å². The number of amides is 3. The van der Waals surface area contributed by atoms with Gasteiger partial charge in [0.05, 0.1) is 21.2 Å². The molecule has 3 amide bonds. The van der Waals surface area contributed by atoms with Crippen LogP contribution in [0.25, 0.3) is 0 Å². The van der Waals surface area contributed by atoms with E-state index in [1.54, 1.807) is 37.3 Å². The van der Waals surface area contributed by atoms with E-state index in [9.17, 15) is 19.2 Å².